The summed E-state index contributed by atoms with van der Waals surface area (Å²) in [5.74, 6) is 5.25. The molecule has 0 aliphatic heterocycles. The number of hydrogen-bond acceptors (Lipinski definition) is 0. The third-order valence-corrected chi connectivity index (χ3v) is 2.95. The van der Waals surface area contributed by atoms with Crippen molar-refractivity contribution in [2.45, 2.75) is 25.7 Å². The molecule has 0 aliphatic carbocycles. The molecule has 0 aliphatic rings. The molecule has 0 aromatic heterocycles. The molecule has 1 aromatic rings. The van der Waals surface area contributed by atoms with Gasteiger partial charge in [0.05, 0.1) is 0 Å². The molecular weight excluding hydrogens is 264 g/mol. The van der Waals surface area contributed by atoms with Crippen LogP contribution in [0, 0.1) is 24.7 Å². The van der Waals surface area contributed by atoms with Crippen LogP contribution in [0.15, 0.2) is 60.7 Å². The Labute approximate surface area is 135 Å². The molecule has 0 heterocycles. The standard InChI is InChI=1S/C22H22/c1-3-5-7-9-11-13-17-21-19-15-16-20-22(21)18-14-12-10-8-6-4-2/h1-2,9-20H,5-8H2/b11-9+,12-10+,17-13+,18-14+. The predicted octanol–water partition coefficient (Wildman–Crippen LogP) is 5.65. The normalized spacial score (nSPS) is 11.5. The van der Waals surface area contributed by atoms with Gasteiger partial charge in [-0.05, 0) is 24.0 Å². The zero-order chi connectivity index (χ0) is 15.9. The van der Waals surface area contributed by atoms with Crippen LogP contribution in [0.4, 0.5) is 0 Å². The molecule has 0 atom stereocenters. The van der Waals surface area contributed by atoms with Gasteiger partial charge in [-0.3, -0.25) is 0 Å². The first-order valence-corrected chi connectivity index (χ1v) is 7.51. The first-order chi connectivity index (χ1) is 10.9. The Kier molecular flexibility index (Phi) is 9.52. The minimum Gasteiger partial charge on any atom is -0.120 e. The van der Waals surface area contributed by atoms with E-state index >= 15 is 0 Å². The molecule has 0 radical (unpaired) electrons. The van der Waals surface area contributed by atoms with Crippen LogP contribution in [0.1, 0.15) is 36.8 Å². The Morgan fingerprint density at radius 2 is 1.18 bits per heavy atom. The minimum atomic E-state index is 0.787. The third-order valence-electron chi connectivity index (χ3n) is 2.95. The topological polar surface area (TPSA) is 0 Å². The van der Waals surface area contributed by atoms with E-state index in [4.69, 9.17) is 12.8 Å². The van der Waals surface area contributed by atoms with E-state index in [-0.39, 0.29) is 0 Å². The number of rotatable bonds is 8. The lowest BCUT2D eigenvalue weighted by atomic mass is 10.1. The van der Waals surface area contributed by atoms with Gasteiger partial charge in [-0.15, -0.1) is 24.7 Å². The number of hydrogen-bond donors (Lipinski definition) is 0. The van der Waals surface area contributed by atoms with Crippen molar-refractivity contribution < 1.29 is 0 Å². The summed E-state index contributed by atoms with van der Waals surface area (Å²) in [4.78, 5) is 0. The fourth-order valence-electron chi connectivity index (χ4n) is 1.82. The molecule has 0 bridgehead atoms. The monoisotopic (exact) mass is 286 g/mol. The van der Waals surface area contributed by atoms with Gasteiger partial charge in [-0.1, -0.05) is 72.9 Å². The second kappa shape index (κ2) is 12.1. The third kappa shape index (κ3) is 7.78. The maximum absolute atomic E-state index is 5.21. The van der Waals surface area contributed by atoms with Crippen LogP contribution in [0.5, 0.6) is 0 Å². The molecular formula is C22H22. The van der Waals surface area contributed by atoms with E-state index in [0.717, 1.165) is 25.7 Å². The zero-order valence-electron chi connectivity index (χ0n) is 12.9. The first-order valence-electron chi connectivity index (χ1n) is 7.51. The molecule has 0 spiro atoms. The quantitative estimate of drug-likeness (QED) is 0.329. The minimum absolute atomic E-state index is 0.787. The highest BCUT2D eigenvalue weighted by atomic mass is 14.0. The van der Waals surface area contributed by atoms with Crippen LogP contribution in [-0.4, -0.2) is 0 Å². The maximum Gasteiger partial charge on any atom is 0.0121 e. The maximum atomic E-state index is 5.21. The van der Waals surface area contributed by atoms with E-state index < -0.39 is 0 Å². The van der Waals surface area contributed by atoms with Crippen molar-refractivity contribution in [3.05, 3.63) is 71.8 Å². The van der Waals surface area contributed by atoms with Crippen molar-refractivity contribution in [2.75, 3.05) is 0 Å². The molecule has 110 valence electrons. The van der Waals surface area contributed by atoms with Crippen LogP contribution >= 0.6 is 0 Å². The summed E-state index contributed by atoms with van der Waals surface area (Å²) in [7, 11) is 0. The van der Waals surface area contributed by atoms with E-state index in [1.165, 1.54) is 11.1 Å². The van der Waals surface area contributed by atoms with Crippen molar-refractivity contribution in [2.24, 2.45) is 0 Å². The summed E-state index contributed by atoms with van der Waals surface area (Å²) >= 11 is 0. The highest BCUT2D eigenvalue weighted by Gasteiger charge is 1.92. The van der Waals surface area contributed by atoms with E-state index in [0.29, 0.717) is 0 Å². The van der Waals surface area contributed by atoms with Gasteiger partial charge in [-0.2, -0.15) is 0 Å². The Bertz CT molecular complexity index is 568. The van der Waals surface area contributed by atoms with Crippen molar-refractivity contribution in [3.63, 3.8) is 0 Å². The van der Waals surface area contributed by atoms with E-state index in [2.05, 4.69) is 48.3 Å². The predicted molar refractivity (Wildman–Crippen MR) is 98.9 cm³/mol. The van der Waals surface area contributed by atoms with Gasteiger partial charge in [0.2, 0.25) is 0 Å². The van der Waals surface area contributed by atoms with Crippen LogP contribution < -0.4 is 0 Å². The first kappa shape index (κ1) is 17.4. The van der Waals surface area contributed by atoms with Crippen LogP contribution in [0.3, 0.4) is 0 Å². The van der Waals surface area contributed by atoms with E-state index in [1.807, 2.05) is 36.4 Å². The van der Waals surface area contributed by atoms with Gasteiger partial charge < -0.3 is 0 Å². The molecule has 0 N–H and O–H groups in total. The lowest BCUT2D eigenvalue weighted by Crippen LogP contribution is -1.78. The van der Waals surface area contributed by atoms with Gasteiger partial charge >= 0.3 is 0 Å². The lowest BCUT2D eigenvalue weighted by Gasteiger charge is -1.99. The van der Waals surface area contributed by atoms with Gasteiger partial charge in [0.25, 0.3) is 0 Å². The molecule has 0 saturated carbocycles. The van der Waals surface area contributed by atoms with Crippen molar-refractivity contribution in [1.29, 1.82) is 0 Å². The van der Waals surface area contributed by atoms with Crippen molar-refractivity contribution >= 4 is 12.2 Å². The largest absolute Gasteiger partial charge is 0.120 e. The van der Waals surface area contributed by atoms with Crippen LogP contribution in [-0.2, 0) is 0 Å². The zero-order valence-corrected chi connectivity index (χ0v) is 12.9. The highest BCUT2D eigenvalue weighted by Crippen LogP contribution is 2.13. The Morgan fingerprint density at radius 1 is 0.727 bits per heavy atom. The van der Waals surface area contributed by atoms with Crippen LogP contribution in [0.25, 0.3) is 12.2 Å². The number of unbranched alkanes of at least 4 members (excludes halogenated alkanes) is 2. The number of benzene rings is 1. The Hall–Kier alpha value is -2.70. The van der Waals surface area contributed by atoms with Crippen LogP contribution in [0.2, 0.25) is 0 Å². The molecule has 22 heavy (non-hydrogen) atoms. The Balaban J connectivity index is 2.62. The molecule has 0 nitrogen and oxygen atoms in total. The van der Waals surface area contributed by atoms with E-state index in [9.17, 15) is 0 Å². The number of terminal acetylenes is 2. The van der Waals surface area contributed by atoms with Gasteiger partial charge in [0, 0.05) is 12.8 Å². The van der Waals surface area contributed by atoms with Gasteiger partial charge in [-0.25, -0.2) is 0 Å². The molecule has 0 fully saturated rings. The summed E-state index contributed by atoms with van der Waals surface area (Å²) in [6.07, 6.45) is 30.4. The second-order valence-electron chi connectivity index (χ2n) is 4.69. The lowest BCUT2D eigenvalue weighted by molar-refractivity contribution is 1.09. The fourth-order valence-corrected chi connectivity index (χ4v) is 1.82. The smallest absolute Gasteiger partial charge is 0.0121 e. The molecule has 0 unspecified atom stereocenters. The summed E-state index contributed by atoms with van der Waals surface area (Å²) in [5.41, 5.74) is 2.38. The fraction of sp³-hybridized carbons (Fsp3) is 0.182. The van der Waals surface area contributed by atoms with Gasteiger partial charge in [0.1, 0.15) is 0 Å². The average Bonchev–Trinajstić information content (AvgIpc) is 2.55. The van der Waals surface area contributed by atoms with Crippen molar-refractivity contribution in [1.82, 2.24) is 0 Å². The number of allylic oxidation sites excluding steroid dienone is 6. The summed E-state index contributed by atoms with van der Waals surface area (Å²) in [6, 6.07) is 8.30. The molecule has 0 saturated heterocycles. The molecule has 0 amide bonds. The Morgan fingerprint density at radius 3 is 1.59 bits per heavy atom. The second-order valence-corrected chi connectivity index (χ2v) is 4.69. The van der Waals surface area contributed by atoms with Gasteiger partial charge in [0.15, 0.2) is 0 Å². The van der Waals surface area contributed by atoms with E-state index in [1.54, 1.807) is 0 Å². The van der Waals surface area contributed by atoms with Crippen molar-refractivity contribution in [3.8, 4) is 24.7 Å². The molecule has 1 rings (SSSR count). The molecule has 0 heteroatoms. The SMILES string of the molecule is C#CCC/C=C/C=C/c1ccccc1/C=C/C=C/CCC#C. The summed E-state index contributed by atoms with van der Waals surface area (Å²) in [6.45, 7) is 0. The average molecular weight is 286 g/mol. The summed E-state index contributed by atoms with van der Waals surface area (Å²) < 4.78 is 0. The summed E-state index contributed by atoms with van der Waals surface area (Å²) in [5, 5.41) is 0. The highest BCUT2D eigenvalue weighted by molar-refractivity contribution is 5.66. The molecule has 1 aromatic carbocycles.